The molecule has 1 heterocycles. The van der Waals surface area contributed by atoms with E-state index in [-0.39, 0.29) is 6.09 Å². The molecule has 0 saturated carbocycles. The highest BCUT2D eigenvalue weighted by Crippen LogP contribution is 2.23. The van der Waals surface area contributed by atoms with E-state index in [1.165, 1.54) is 11.1 Å². The minimum atomic E-state index is -0.212. The highest BCUT2D eigenvalue weighted by molar-refractivity contribution is 9.10. The van der Waals surface area contributed by atoms with Crippen LogP contribution in [0.5, 0.6) is 0 Å². The number of fused-ring (bicyclic) bond motifs is 1. The van der Waals surface area contributed by atoms with Crippen LogP contribution in [0.3, 0.4) is 0 Å². The molecule has 0 fully saturated rings. The minimum absolute atomic E-state index is 0.212. The fourth-order valence-corrected chi connectivity index (χ4v) is 2.30. The van der Waals surface area contributed by atoms with Crippen LogP contribution in [-0.4, -0.2) is 24.1 Å². The molecule has 86 valence electrons. The molecule has 1 amide bonds. The van der Waals surface area contributed by atoms with Crippen molar-refractivity contribution in [2.24, 2.45) is 0 Å². The van der Waals surface area contributed by atoms with Gasteiger partial charge in [-0.15, -0.1) is 0 Å². The fraction of sp³-hybridized carbons (Fsp3) is 0.417. The Morgan fingerprint density at radius 1 is 1.50 bits per heavy atom. The van der Waals surface area contributed by atoms with Crippen LogP contribution in [0.1, 0.15) is 18.1 Å². The Morgan fingerprint density at radius 3 is 3.06 bits per heavy atom. The first-order valence-corrected chi connectivity index (χ1v) is 6.19. The van der Waals surface area contributed by atoms with Gasteiger partial charge in [-0.1, -0.05) is 22.0 Å². The van der Waals surface area contributed by atoms with Gasteiger partial charge in [0.25, 0.3) is 0 Å². The average molecular weight is 284 g/mol. The quantitative estimate of drug-likeness (QED) is 0.793. The standard InChI is InChI=1S/C12H14BrNO2/c1-2-16-12(15)14-6-5-9-7-11(13)4-3-10(9)8-14/h3-4,7H,2,5-6,8H2,1H3. The normalized spacial score (nSPS) is 14.5. The molecule has 2 rings (SSSR count). The van der Waals surface area contributed by atoms with Crippen molar-refractivity contribution in [3.63, 3.8) is 0 Å². The minimum Gasteiger partial charge on any atom is -0.450 e. The number of hydrogen-bond acceptors (Lipinski definition) is 2. The van der Waals surface area contributed by atoms with Gasteiger partial charge in [0.15, 0.2) is 0 Å². The lowest BCUT2D eigenvalue weighted by Gasteiger charge is -2.28. The zero-order chi connectivity index (χ0) is 11.5. The lowest BCUT2D eigenvalue weighted by molar-refractivity contribution is 0.102. The van der Waals surface area contributed by atoms with Crippen molar-refractivity contribution < 1.29 is 9.53 Å². The molecule has 1 aliphatic heterocycles. The van der Waals surface area contributed by atoms with Gasteiger partial charge in [0.1, 0.15) is 0 Å². The summed E-state index contributed by atoms with van der Waals surface area (Å²) in [5.41, 5.74) is 2.53. The van der Waals surface area contributed by atoms with Crippen LogP contribution in [0.25, 0.3) is 0 Å². The summed E-state index contributed by atoms with van der Waals surface area (Å²) in [5, 5.41) is 0. The predicted octanol–water partition coefficient (Wildman–Crippen LogP) is 2.96. The first kappa shape index (κ1) is 11.5. The number of hydrogen-bond donors (Lipinski definition) is 0. The van der Waals surface area contributed by atoms with Crippen molar-refractivity contribution in [1.29, 1.82) is 0 Å². The van der Waals surface area contributed by atoms with E-state index in [0.29, 0.717) is 13.2 Å². The Bertz CT molecular complexity index is 406. The summed E-state index contributed by atoms with van der Waals surface area (Å²) in [7, 11) is 0. The van der Waals surface area contributed by atoms with Crippen LogP contribution in [0, 0.1) is 0 Å². The molecule has 1 aromatic carbocycles. The fourth-order valence-electron chi connectivity index (χ4n) is 1.89. The molecule has 0 spiro atoms. The maximum Gasteiger partial charge on any atom is 0.410 e. The van der Waals surface area contributed by atoms with E-state index in [4.69, 9.17) is 4.74 Å². The monoisotopic (exact) mass is 283 g/mol. The number of ether oxygens (including phenoxy) is 1. The van der Waals surface area contributed by atoms with Crippen LogP contribution in [0.2, 0.25) is 0 Å². The first-order valence-electron chi connectivity index (χ1n) is 5.39. The van der Waals surface area contributed by atoms with E-state index >= 15 is 0 Å². The summed E-state index contributed by atoms with van der Waals surface area (Å²) in [6, 6.07) is 6.19. The summed E-state index contributed by atoms with van der Waals surface area (Å²) in [6.07, 6.45) is 0.684. The zero-order valence-electron chi connectivity index (χ0n) is 9.20. The Kier molecular flexibility index (Phi) is 3.49. The predicted molar refractivity (Wildman–Crippen MR) is 65.3 cm³/mol. The van der Waals surface area contributed by atoms with Gasteiger partial charge in [0.05, 0.1) is 6.61 Å². The van der Waals surface area contributed by atoms with Crippen molar-refractivity contribution in [2.45, 2.75) is 19.9 Å². The first-order chi connectivity index (χ1) is 7.70. The van der Waals surface area contributed by atoms with Crippen molar-refractivity contribution in [1.82, 2.24) is 4.90 Å². The Morgan fingerprint density at radius 2 is 2.31 bits per heavy atom. The lowest BCUT2D eigenvalue weighted by Crippen LogP contribution is -2.36. The van der Waals surface area contributed by atoms with Gasteiger partial charge in [-0.05, 0) is 36.6 Å². The lowest BCUT2D eigenvalue weighted by atomic mass is 10.0. The van der Waals surface area contributed by atoms with E-state index in [9.17, 15) is 4.79 Å². The van der Waals surface area contributed by atoms with Gasteiger partial charge < -0.3 is 9.64 Å². The molecular formula is C12H14BrNO2. The maximum absolute atomic E-state index is 11.6. The summed E-state index contributed by atoms with van der Waals surface area (Å²) in [6.45, 7) is 3.65. The van der Waals surface area contributed by atoms with Gasteiger partial charge >= 0.3 is 6.09 Å². The van der Waals surface area contributed by atoms with Gasteiger partial charge in [0, 0.05) is 17.6 Å². The van der Waals surface area contributed by atoms with Crippen molar-refractivity contribution in [2.75, 3.05) is 13.2 Å². The van der Waals surface area contributed by atoms with Gasteiger partial charge in [-0.3, -0.25) is 0 Å². The van der Waals surface area contributed by atoms with E-state index in [0.717, 1.165) is 17.4 Å². The van der Waals surface area contributed by atoms with Crippen molar-refractivity contribution in [3.8, 4) is 0 Å². The molecule has 0 saturated heterocycles. The molecule has 3 nitrogen and oxygen atoms in total. The number of rotatable bonds is 1. The Hall–Kier alpha value is -1.03. The molecule has 0 atom stereocenters. The number of halogens is 1. The highest BCUT2D eigenvalue weighted by Gasteiger charge is 2.21. The second-order valence-corrected chi connectivity index (χ2v) is 4.70. The highest BCUT2D eigenvalue weighted by atomic mass is 79.9. The van der Waals surface area contributed by atoms with E-state index in [1.54, 1.807) is 4.90 Å². The van der Waals surface area contributed by atoms with Crippen LogP contribution < -0.4 is 0 Å². The summed E-state index contributed by atoms with van der Waals surface area (Å²) in [5.74, 6) is 0. The Balaban J connectivity index is 2.12. The van der Waals surface area contributed by atoms with E-state index in [1.807, 2.05) is 13.0 Å². The number of benzene rings is 1. The summed E-state index contributed by atoms with van der Waals surface area (Å²) >= 11 is 3.45. The number of nitrogens with zero attached hydrogens (tertiary/aromatic N) is 1. The molecule has 0 N–H and O–H groups in total. The molecule has 0 aromatic heterocycles. The molecule has 16 heavy (non-hydrogen) atoms. The third kappa shape index (κ3) is 2.38. The van der Waals surface area contributed by atoms with Crippen LogP contribution in [0.4, 0.5) is 4.79 Å². The molecular weight excluding hydrogens is 270 g/mol. The number of carbonyl (C=O) groups is 1. The topological polar surface area (TPSA) is 29.5 Å². The molecule has 1 aromatic rings. The van der Waals surface area contributed by atoms with E-state index in [2.05, 4.69) is 28.1 Å². The van der Waals surface area contributed by atoms with Crippen LogP contribution >= 0.6 is 15.9 Å². The smallest absolute Gasteiger partial charge is 0.410 e. The second-order valence-electron chi connectivity index (χ2n) is 3.78. The summed E-state index contributed by atoms with van der Waals surface area (Å²) < 4.78 is 6.09. The van der Waals surface area contributed by atoms with Crippen molar-refractivity contribution >= 4 is 22.0 Å². The van der Waals surface area contributed by atoms with Crippen LogP contribution in [-0.2, 0) is 17.7 Å². The van der Waals surface area contributed by atoms with Gasteiger partial charge in [-0.2, -0.15) is 0 Å². The van der Waals surface area contributed by atoms with Gasteiger partial charge in [0.2, 0.25) is 0 Å². The average Bonchev–Trinajstić information content (AvgIpc) is 2.28. The molecule has 0 unspecified atom stereocenters. The second kappa shape index (κ2) is 4.87. The molecule has 0 bridgehead atoms. The van der Waals surface area contributed by atoms with E-state index < -0.39 is 0 Å². The molecule has 0 radical (unpaired) electrons. The number of amides is 1. The third-order valence-corrected chi connectivity index (χ3v) is 3.20. The van der Waals surface area contributed by atoms with Crippen molar-refractivity contribution in [3.05, 3.63) is 33.8 Å². The third-order valence-electron chi connectivity index (χ3n) is 2.71. The molecule has 0 aliphatic carbocycles. The number of carbonyl (C=O) groups excluding carboxylic acids is 1. The largest absolute Gasteiger partial charge is 0.450 e. The zero-order valence-corrected chi connectivity index (χ0v) is 10.8. The molecule has 1 aliphatic rings. The SMILES string of the molecule is CCOC(=O)N1CCc2cc(Br)ccc2C1. The maximum atomic E-state index is 11.6. The molecule has 4 heteroatoms. The van der Waals surface area contributed by atoms with Gasteiger partial charge in [-0.25, -0.2) is 4.79 Å². The Labute approximate surface area is 104 Å². The summed E-state index contributed by atoms with van der Waals surface area (Å²) in [4.78, 5) is 13.3. The van der Waals surface area contributed by atoms with Crippen LogP contribution in [0.15, 0.2) is 22.7 Å².